The topological polar surface area (TPSA) is 91.1 Å². The third-order valence-electron chi connectivity index (χ3n) is 3.44. The molecule has 142 valence electrons. The van der Waals surface area contributed by atoms with Gasteiger partial charge in [-0.2, -0.15) is 0 Å². The Labute approximate surface area is 159 Å². The summed E-state index contributed by atoms with van der Waals surface area (Å²) in [6.45, 7) is 4.50. The Kier molecular flexibility index (Phi) is 7.40. The minimum absolute atomic E-state index is 0.0853. The van der Waals surface area contributed by atoms with E-state index >= 15 is 0 Å². The van der Waals surface area contributed by atoms with Crippen molar-refractivity contribution in [1.82, 2.24) is 4.98 Å². The van der Waals surface area contributed by atoms with Gasteiger partial charge in [0.05, 0.1) is 18.6 Å². The number of hydrogen-bond acceptors (Lipinski definition) is 7. The van der Waals surface area contributed by atoms with Crippen molar-refractivity contribution in [2.45, 2.75) is 20.3 Å². The van der Waals surface area contributed by atoms with Gasteiger partial charge in [-0.05, 0) is 42.3 Å². The van der Waals surface area contributed by atoms with Crippen LogP contribution < -0.4 is 4.90 Å². The Bertz CT molecular complexity index is 776. The maximum absolute atomic E-state index is 12.5. The highest BCUT2D eigenvalue weighted by Gasteiger charge is 2.30. The number of aromatic nitrogens is 1. The van der Waals surface area contributed by atoms with Crippen LogP contribution in [0.3, 0.4) is 0 Å². The molecule has 0 bridgehead atoms. The molecule has 0 atom stereocenters. The number of amides is 1. The molecule has 0 aromatic carbocycles. The van der Waals surface area contributed by atoms with Crippen molar-refractivity contribution in [2.24, 2.45) is 0 Å². The van der Waals surface area contributed by atoms with Gasteiger partial charge in [-0.1, -0.05) is 0 Å². The molecule has 0 aliphatic carbocycles. The molecule has 0 aliphatic heterocycles. The quantitative estimate of drug-likeness (QED) is 0.466. The summed E-state index contributed by atoms with van der Waals surface area (Å²) >= 11 is 3.35. The average molecular weight is 429 g/mol. The van der Waals surface area contributed by atoms with Gasteiger partial charge in [-0.3, -0.25) is 4.90 Å². The number of nitrogens with zero attached hydrogens (tertiary/aromatic N) is 2. The van der Waals surface area contributed by atoms with Crippen molar-refractivity contribution in [3.05, 3.63) is 22.5 Å². The van der Waals surface area contributed by atoms with Crippen molar-refractivity contribution < 1.29 is 28.2 Å². The first-order valence-corrected chi connectivity index (χ1v) is 9.01. The van der Waals surface area contributed by atoms with Crippen LogP contribution >= 0.6 is 15.9 Å². The van der Waals surface area contributed by atoms with E-state index in [1.54, 1.807) is 33.2 Å². The third-order valence-corrected chi connectivity index (χ3v) is 3.87. The van der Waals surface area contributed by atoms with E-state index in [0.717, 1.165) is 0 Å². The molecule has 0 N–H and O–H groups in total. The van der Waals surface area contributed by atoms with E-state index in [9.17, 15) is 9.59 Å². The second-order valence-corrected chi connectivity index (χ2v) is 6.12. The van der Waals surface area contributed by atoms with Gasteiger partial charge in [0.2, 0.25) is 11.5 Å². The Morgan fingerprint density at radius 2 is 2.00 bits per heavy atom. The number of furan rings is 1. The van der Waals surface area contributed by atoms with E-state index in [1.807, 2.05) is 0 Å². The number of ether oxygens (including phenoxy) is 3. The SMILES string of the molecule is CCOC(=O)c1oc2ncc(Br)cc2c1N(CCCOC)C(=O)OCC. The fourth-order valence-electron chi connectivity index (χ4n) is 2.41. The van der Waals surface area contributed by atoms with Crippen LogP contribution in [0, 0.1) is 0 Å². The van der Waals surface area contributed by atoms with Gasteiger partial charge in [0.15, 0.2) is 0 Å². The molecule has 26 heavy (non-hydrogen) atoms. The molecule has 0 unspecified atom stereocenters. The molecule has 8 nitrogen and oxygen atoms in total. The molecule has 0 saturated heterocycles. The van der Waals surface area contributed by atoms with E-state index in [1.165, 1.54) is 4.90 Å². The third kappa shape index (κ3) is 4.53. The summed E-state index contributed by atoms with van der Waals surface area (Å²) in [5.41, 5.74) is 0.508. The number of hydrogen-bond donors (Lipinski definition) is 0. The number of fused-ring (bicyclic) bond motifs is 1. The molecule has 0 saturated carbocycles. The minimum Gasteiger partial charge on any atom is -0.460 e. The summed E-state index contributed by atoms with van der Waals surface area (Å²) in [6, 6.07) is 1.73. The van der Waals surface area contributed by atoms with E-state index in [4.69, 9.17) is 18.6 Å². The van der Waals surface area contributed by atoms with Gasteiger partial charge >= 0.3 is 12.1 Å². The zero-order valence-corrected chi connectivity index (χ0v) is 16.5. The molecular formula is C17H21BrN2O6. The first kappa shape index (κ1) is 20.2. The smallest absolute Gasteiger partial charge is 0.414 e. The first-order valence-electron chi connectivity index (χ1n) is 8.21. The molecule has 0 fully saturated rings. The van der Waals surface area contributed by atoms with Crippen LogP contribution in [0.1, 0.15) is 30.8 Å². The number of anilines is 1. The van der Waals surface area contributed by atoms with Crippen molar-refractivity contribution in [3.63, 3.8) is 0 Å². The molecule has 0 radical (unpaired) electrons. The predicted octanol–water partition coefficient (Wildman–Crippen LogP) is 3.77. The van der Waals surface area contributed by atoms with Gasteiger partial charge in [-0.25, -0.2) is 14.6 Å². The van der Waals surface area contributed by atoms with E-state index in [-0.39, 0.29) is 36.9 Å². The molecule has 0 aliphatic rings. The largest absolute Gasteiger partial charge is 0.460 e. The molecule has 9 heteroatoms. The molecule has 2 aromatic rings. The summed E-state index contributed by atoms with van der Waals surface area (Å²) in [5, 5.41) is 0.507. The molecule has 2 heterocycles. The monoisotopic (exact) mass is 428 g/mol. The van der Waals surface area contributed by atoms with Gasteiger partial charge < -0.3 is 18.6 Å². The fraction of sp³-hybridized carbons (Fsp3) is 0.471. The Hall–Kier alpha value is -2.13. The number of methoxy groups -OCH3 is 1. The average Bonchev–Trinajstić information content (AvgIpc) is 2.97. The van der Waals surface area contributed by atoms with Gasteiger partial charge in [0.25, 0.3) is 0 Å². The number of halogens is 1. The molecule has 2 aromatic heterocycles. The second-order valence-electron chi connectivity index (χ2n) is 5.20. The molecular weight excluding hydrogens is 408 g/mol. The summed E-state index contributed by atoms with van der Waals surface area (Å²) in [7, 11) is 1.58. The van der Waals surface area contributed by atoms with Crippen LogP contribution in [0.25, 0.3) is 11.1 Å². The number of pyridine rings is 1. The summed E-state index contributed by atoms with van der Waals surface area (Å²) in [5.74, 6) is -0.754. The first-order chi connectivity index (χ1) is 12.5. The highest BCUT2D eigenvalue weighted by molar-refractivity contribution is 9.10. The van der Waals surface area contributed by atoms with E-state index in [2.05, 4.69) is 20.9 Å². The lowest BCUT2D eigenvalue weighted by molar-refractivity contribution is 0.0493. The molecule has 1 amide bonds. The number of esters is 1. The normalized spacial score (nSPS) is 10.8. The molecule has 0 spiro atoms. The highest BCUT2D eigenvalue weighted by atomic mass is 79.9. The lowest BCUT2D eigenvalue weighted by atomic mass is 10.2. The van der Waals surface area contributed by atoms with Crippen LogP contribution in [0.2, 0.25) is 0 Å². The van der Waals surface area contributed by atoms with Gasteiger partial charge in [0.1, 0.15) is 5.69 Å². The predicted molar refractivity (Wildman–Crippen MR) is 98.5 cm³/mol. The highest BCUT2D eigenvalue weighted by Crippen LogP contribution is 2.35. The summed E-state index contributed by atoms with van der Waals surface area (Å²) < 4.78 is 21.6. The van der Waals surface area contributed by atoms with Crippen LogP contribution in [0.4, 0.5) is 10.5 Å². The lowest BCUT2D eigenvalue weighted by Gasteiger charge is -2.21. The Morgan fingerprint density at radius 1 is 1.27 bits per heavy atom. The lowest BCUT2D eigenvalue weighted by Crippen LogP contribution is -2.34. The van der Waals surface area contributed by atoms with Crippen molar-refractivity contribution in [1.29, 1.82) is 0 Å². The van der Waals surface area contributed by atoms with E-state index in [0.29, 0.717) is 22.9 Å². The number of rotatable bonds is 8. The maximum Gasteiger partial charge on any atom is 0.414 e. The second kappa shape index (κ2) is 9.54. The minimum atomic E-state index is -0.669. The van der Waals surface area contributed by atoms with Crippen LogP contribution in [-0.2, 0) is 14.2 Å². The Balaban J connectivity index is 2.58. The fourth-order valence-corrected chi connectivity index (χ4v) is 2.74. The number of carbonyl (C=O) groups is 2. The Morgan fingerprint density at radius 3 is 2.65 bits per heavy atom. The van der Waals surface area contributed by atoms with Gasteiger partial charge in [-0.15, -0.1) is 0 Å². The summed E-state index contributed by atoms with van der Waals surface area (Å²) in [6.07, 6.45) is 1.51. The van der Waals surface area contributed by atoms with Gasteiger partial charge in [0, 0.05) is 30.9 Å². The zero-order chi connectivity index (χ0) is 19.1. The summed E-state index contributed by atoms with van der Waals surface area (Å²) in [4.78, 5) is 30.4. The zero-order valence-electron chi connectivity index (χ0n) is 14.9. The molecule has 2 rings (SSSR count). The standard InChI is InChI=1S/C17H21BrN2O6/c1-4-24-16(21)14-13(12-9-11(18)10-19-15(12)26-14)20(7-6-8-23-3)17(22)25-5-2/h9-10H,4-8H2,1-3H3. The van der Waals surface area contributed by atoms with Crippen LogP contribution in [0.5, 0.6) is 0 Å². The number of carbonyl (C=O) groups excluding carboxylic acids is 2. The van der Waals surface area contributed by atoms with Crippen LogP contribution in [-0.4, -0.2) is 50.5 Å². The maximum atomic E-state index is 12.5. The van der Waals surface area contributed by atoms with Crippen molar-refractivity contribution in [2.75, 3.05) is 38.4 Å². The van der Waals surface area contributed by atoms with Crippen molar-refractivity contribution in [3.8, 4) is 0 Å². The van der Waals surface area contributed by atoms with Crippen molar-refractivity contribution >= 4 is 44.8 Å². The van der Waals surface area contributed by atoms with E-state index < -0.39 is 12.1 Å². The van der Waals surface area contributed by atoms with Crippen LogP contribution in [0.15, 0.2) is 21.2 Å².